The number of ether oxygens (including phenoxy) is 1. The van der Waals surface area contributed by atoms with Crippen molar-refractivity contribution in [2.24, 2.45) is 0 Å². The highest BCUT2D eigenvalue weighted by Gasteiger charge is 2.46. The maximum absolute atomic E-state index is 13.4. The maximum Gasteiger partial charge on any atom is 0.295 e. The lowest BCUT2D eigenvalue weighted by Gasteiger charge is -2.25. The van der Waals surface area contributed by atoms with Crippen molar-refractivity contribution < 1.29 is 24.4 Å². The number of nitrogens with one attached hydrogen (secondary N) is 1. The highest BCUT2D eigenvalue weighted by atomic mass is 16.6. The number of H-pyrrole nitrogens is 1. The van der Waals surface area contributed by atoms with Gasteiger partial charge in [-0.1, -0.05) is 50.2 Å². The Labute approximate surface area is 230 Å². The van der Waals surface area contributed by atoms with Crippen LogP contribution in [0.15, 0.2) is 78.5 Å². The summed E-state index contributed by atoms with van der Waals surface area (Å²) in [5.74, 6) is -1.02. The van der Waals surface area contributed by atoms with Gasteiger partial charge in [-0.2, -0.15) is 0 Å². The van der Waals surface area contributed by atoms with Crippen molar-refractivity contribution >= 4 is 34.0 Å². The first-order valence-electron chi connectivity index (χ1n) is 13.0. The number of hydrogen-bond acceptors (Lipinski definition) is 6. The van der Waals surface area contributed by atoms with E-state index >= 15 is 0 Å². The van der Waals surface area contributed by atoms with Gasteiger partial charge in [0.2, 0.25) is 0 Å². The normalized spacial score (nSPS) is 16.7. The molecule has 3 aromatic carbocycles. The Hall–Kier alpha value is -4.92. The second-order valence-electron chi connectivity index (χ2n) is 10.1. The quantitative estimate of drug-likeness (QED) is 0.0948. The van der Waals surface area contributed by atoms with E-state index in [1.165, 1.54) is 29.2 Å². The fourth-order valence-corrected chi connectivity index (χ4v) is 5.17. The second-order valence-corrected chi connectivity index (χ2v) is 10.1. The van der Waals surface area contributed by atoms with Crippen LogP contribution in [-0.2, 0) is 16.0 Å². The van der Waals surface area contributed by atoms with Crippen LogP contribution in [0.2, 0.25) is 0 Å². The molecule has 5 rings (SSSR count). The van der Waals surface area contributed by atoms with E-state index in [9.17, 15) is 24.8 Å². The van der Waals surface area contributed by atoms with E-state index in [0.29, 0.717) is 17.7 Å². The van der Waals surface area contributed by atoms with E-state index in [1.807, 2.05) is 48.7 Å². The topological polar surface area (TPSA) is 126 Å². The van der Waals surface area contributed by atoms with Crippen molar-refractivity contribution in [2.75, 3.05) is 13.7 Å². The van der Waals surface area contributed by atoms with Gasteiger partial charge >= 0.3 is 0 Å². The van der Waals surface area contributed by atoms with Gasteiger partial charge in [0.25, 0.3) is 17.4 Å². The van der Waals surface area contributed by atoms with Gasteiger partial charge in [0, 0.05) is 41.3 Å². The van der Waals surface area contributed by atoms with E-state index in [1.54, 1.807) is 7.11 Å². The average molecular weight is 540 g/mol. The van der Waals surface area contributed by atoms with Gasteiger partial charge in [-0.15, -0.1) is 0 Å². The fourth-order valence-electron chi connectivity index (χ4n) is 5.17. The van der Waals surface area contributed by atoms with Crippen molar-refractivity contribution in [1.29, 1.82) is 0 Å². The van der Waals surface area contributed by atoms with Gasteiger partial charge in [0.15, 0.2) is 0 Å². The summed E-state index contributed by atoms with van der Waals surface area (Å²) in [5, 5.41) is 23.6. The molecule has 0 unspecified atom stereocenters. The third kappa shape index (κ3) is 4.82. The van der Waals surface area contributed by atoms with Crippen LogP contribution in [0.25, 0.3) is 16.7 Å². The first kappa shape index (κ1) is 26.7. The number of likely N-dealkylation sites (tertiary alicyclic amines) is 1. The lowest BCUT2D eigenvalue weighted by Crippen LogP contribution is -2.31. The van der Waals surface area contributed by atoms with E-state index in [4.69, 9.17) is 4.74 Å². The van der Waals surface area contributed by atoms with E-state index < -0.39 is 28.4 Å². The fraction of sp³-hybridized carbons (Fsp3) is 0.226. The van der Waals surface area contributed by atoms with Gasteiger partial charge in [0.1, 0.15) is 11.5 Å². The van der Waals surface area contributed by atoms with Crippen LogP contribution in [-0.4, -0.2) is 45.3 Å². The average Bonchev–Trinajstić information content (AvgIpc) is 3.48. The number of fused-ring (bicyclic) bond motifs is 1. The van der Waals surface area contributed by atoms with Gasteiger partial charge in [-0.25, -0.2) is 0 Å². The number of nitro benzene ring substituents is 1. The number of hydrogen-bond donors (Lipinski definition) is 2. The number of aromatic amines is 1. The Morgan fingerprint density at radius 2 is 1.85 bits per heavy atom. The minimum atomic E-state index is -0.861. The molecule has 1 fully saturated rings. The number of nitro groups is 1. The van der Waals surface area contributed by atoms with Crippen LogP contribution in [0.3, 0.4) is 0 Å². The van der Waals surface area contributed by atoms with E-state index in [0.717, 1.165) is 22.0 Å². The standard InChI is InChI=1S/C31H29N3O6/c1-18(2)19-7-9-20(10-8-19)28-27(29(35)21-5-4-6-23(15-21)34(38)39)30(36)31(37)33(28)14-13-22-17-32-26-12-11-24(40-3)16-25(22)26/h4-12,15-18,28,32,35H,13-14H2,1-3H3/t28-/m1/s1. The highest BCUT2D eigenvalue weighted by Crippen LogP contribution is 2.40. The Balaban J connectivity index is 1.57. The number of non-ortho nitro benzene ring substituents is 1. The van der Waals surface area contributed by atoms with Crippen LogP contribution < -0.4 is 4.74 Å². The molecule has 0 spiro atoms. The van der Waals surface area contributed by atoms with Crippen molar-refractivity contribution in [3.05, 3.63) is 111 Å². The van der Waals surface area contributed by atoms with Crippen LogP contribution in [0.4, 0.5) is 5.69 Å². The molecule has 1 aromatic heterocycles. The van der Waals surface area contributed by atoms with E-state index in [2.05, 4.69) is 18.8 Å². The molecule has 1 aliphatic rings. The lowest BCUT2D eigenvalue weighted by molar-refractivity contribution is -0.384. The monoisotopic (exact) mass is 539 g/mol. The predicted octanol–water partition coefficient (Wildman–Crippen LogP) is 5.87. The number of benzene rings is 3. The van der Waals surface area contributed by atoms with Crippen molar-refractivity contribution in [1.82, 2.24) is 9.88 Å². The molecule has 1 saturated heterocycles. The Morgan fingerprint density at radius 1 is 1.10 bits per heavy atom. The Morgan fingerprint density at radius 3 is 2.52 bits per heavy atom. The third-order valence-corrected chi connectivity index (χ3v) is 7.39. The summed E-state index contributed by atoms with van der Waals surface area (Å²) in [6.07, 6.45) is 2.31. The van der Waals surface area contributed by atoms with E-state index in [-0.39, 0.29) is 29.3 Å². The smallest absolute Gasteiger partial charge is 0.295 e. The minimum Gasteiger partial charge on any atom is -0.507 e. The number of aromatic nitrogens is 1. The predicted molar refractivity (Wildman–Crippen MR) is 151 cm³/mol. The van der Waals surface area contributed by atoms with Crippen LogP contribution in [0, 0.1) is 10.1 Å². The Kier molecular flexibility index (Phi) is 7.13. The zero-order valence-corrected chi connectivity index (χ0v) is 22.4. The molecule has 9 nitrogen and oxygen atoms in total. The second kappa shape index (κ2) is 10.7. The summed E-state index contributed by atoms with van der Waals surface area (Å²) in [6.45, 7) is 4.34. The number of rotatable bonds is 8. The molecular weight excluding hydrogens is 510 g/mol. The molecule has 1 atom stereocenters. The maximum atomic E-state index is 13.4. The summed E-state index contributed by atoms with van der Waals surface area (Å²) < 4.78 is 5.36. The molecule has 40 heavy (non-hydrogen) atoms. The molecule has 1 amide bonds. The molecule has 9 heteroatoms. The van der Waals surface area contributed by atoms with Gasteiger partial charge in [-0.05, 0) is 47.2 Å². The molecule has 2 heterocycles. The van der Waals surface area contributed by atoms with Crippen molar-refractivity contribution in [3.63, 3.8) is 0 Å². The largest absolute Gasteiger partial charge is 0.507 e. The first-order valence-corrected chi connectivity index (χ1v) is 13.0. The summed E-state index contributed by atoms with van der Waals surface area (Å²) in [6, 6.07) is 17.8. The third-order valence-electron chi connectivity index (χ3n) is 7.39. The number of aliphatic hydroxyl groups excluding tert-OH is 1. The molecule has 204 valence electrons. The van der Waals surface area contributed by atoms with Crippen LogP contribution in [0.1, 0.15) is 48.1 Å². The summed E-state index contributed by atoms with van der Waals surface area (Å²) in [4.78, 5) is 42.3. The highest BCUT2D eigenvalue weighted by molar-refractivity contribution is 6.46. The van der Waals surface area contributed by atoms with Gasteiger partial charge in [-0.3, -0.25) is 19.7 Å². The minimum absolute atomic E-state index is 0.0941. The SMILES string of the molecule is COc1ccc2[nH]cc(CCN3C(=O)C(=O)C(=C(O)c4cccc([N+](=O)[O-])c4)[C@H]3c3ccc(C(C)C)cc3)c2c1. The molecule has 0 radical (unpaired) electrons. The number of carbonyl (C=O) groups is 2. The number of carbonyl (C=O) groups excluding carboxylic acids is 2. The summed E-state index contributed by atoms with van der Waals surface area (Å²) in [7, 11) is 1.60. The molecule has 0 bridgehead atoms. The molecule has 0 saturated carbocycles. The molecule has 0 aliphatic carbocycles. The number of Topliss-reactive ketones (excluding diaryl/α,β-unsaturated/α-hetero) is 1. The van der Waals surface area contributed by atoms with Crippen LogP contribution >= 0.6 is 0 Å². The molecule has 2 N–H and O–H groups in total. The number of ketones is 1. The van der Waals surface area contributed by atoms with Crippen LogP contribution in [0.5, 0.6) is 5.75 Å². The van der Waals surface area contributed by atoms with Gasteiger partial charge < -0.3 is 19.7 Å². The number of nitrogens with zero attached hydrogens (tertiary/aromatic N) is 2. The van der Waals surface area contributed by atoms with Crippen molar-refractivity contribution in [2.45, 2.75) is 32.2 Å². The Bertz CT molecular complexity index is 1650. The zero-order valence-electron chi connectivity index (χ0n) is 22.4. The van der Waals surface area contributed by atoms with Crippen molar-refractivity contribution in [3.8, 4) is 5.75 Å². The molecular formula is C31H29N3O6. The molecule has 4 aromatic rings. The number of amides is 1. The number of methoxy groups -OCH3 is 1. The number of aliphatic hydroxyl groups is 1. The molecule has 1 aliphatic heterocycles. The summed E-state index contributed by atoms with van der Waals surface area (Å²) >= 11 is 0. The lowest BCUT2D eigenvalue weighted by atomic mass is 9.93. The zero-order chi connectivity index (χ0) is 28.6. The first-order chi connectivity index (χ1) is 19.2. The summed E-state index contributed by atoms with van der Waals surface area (Å²) in [5.41, 5.74) is 3.39. The van der Waals surface area contributed by atoms with Gasteiger partial charge in [0.05, 0.1) is 23.6 Å².